The van der Waals surface area contributed by atoms with Gasteiger partial charge in [0.1, 0.15) is 0 Å². The van der Waals surface area contributed by atoms with Gasteiger partial charge in [-0.15, -0.1) is 0 Å². The molecule has 3 nitrogen and oxygen atoms in total. The SMILES string of the molecule is C=C1CCC(OC)(C(=O)O)CC1. The fourth-order valence-electron chi connectivity index (χ4n) is 1.51. The molecule has 1 fully saturated rings. The molecule has 0 aromatic carbocycles. The smallest absolute Gasteiger partial charge is 0.335 e. The number of hydrogen-bond acceptors (Lipinski definition) is 2. The van der Waals surface area contributed by atoms with Crippen LogP contribution in [0.2, 0.25) is 0 Å². The van der Waals surface area contributed by atoms with Crippen molar-refractivity contribution >= 4 is 5.97 Å². The number of aliphatic carboxylic acids is 1. The summed E-state index contributed by atoms with van der Waals surface area (Å²) in [6.07, 6.45) is 2.63. The molecule has 1 aliphatic carbocycles. The standard InChI is InChI=1S/C9H14O3/c1-7-3-5-9(12-2,6-4-7)8(10)11/h1,3-6H2,2H3,(H,10,11). The highest BCUT2D eigenvalue weighted by atomic mass is 16.5. The van der Waals surface area contributed by atoms with Crippen LogP contribution in [0, 0.1) is 0 Å². The van der Waals surface area contributed by atoms with E-state index in [-0.39, 0.29) is 0 Å². The van der Waals surface area contributed by atoms with Crippen molar-refractivity contribution in [1.29, 1.82) is 0 Å². The number of carbonyl (C=O) groups is 1. The van der Waals surface area contributed by atoms with Gasteiger partial charge >= 0.3 is 5.97 Å². The van der Waals surface area contributed by atoms with E-state index in [1.165, 1.54) is 7.11 Å². The third kappa shape index (κ3) is 1.50. The number of methoxy groups -OCH3 is 1. The van der Waals surface area contributed by atoms with Gasteiger partial charge in [-0.3, -0.25) is 0 Å². The van der Waals surface area contributed by atoms with Gasteiger partial charge in [-0.05, 0) is 25.7 Å². The summed E-state index contributed by atoms with van der Waals surface area (Å²) in [5.41, 5.74) is 0.185. The monoisotopic (exact) mass is 170 g/mol. The first-order valence-corrected chi connectivity index (χ1v) is 4.06. The van der Waals surface area contributed by atoms with Gasteiger partial charge in [0.2, 0.25) is 0 Å². The number of carboxylic acids is 1. The molecule has 0 heterocycles. The van der Waals surface area contributed by atoms with Crippen LogP contribution in [0.3, 0.4) is 0 Å². The Balaban J connectivity index is 2.69. The molecule has 0 aliphatic heterocycles. The lowest BCUT2D eigenvalue weighted by Gasteiger charge is -2.32. The largest absolute Gasteiger partial charge is 0.479 e. The van der Waals surface area contributed by atoms with Crippen molar-refractivity contribution in [3.63, 3.8) is 0 Å². The Kier molecular flexibility index (Phi) is 2.52. The van der Waals surface area contributed by atoms with Crippen LogP contribution in [-0.2, 0) is 9.53 Å². The van der Waals surface area contributed by atoms with Crippen LogP contribution in [-0.4, -0.2) is 23.8 Å². The number of ether oxygens (including phenoxy) is 1. The van der Waals surface area contributed by atoms with E-state index in [1.54, 1.807) is 0 Å². The summed E-state index contributed by atoms with van der Waals surface area (Å²) in [7, 11) is 1.46. The fourth-order valence-corrected chi connectivity index (χ4v) is 1.51. The molecule has 12 heavy (non-hydrogen) atoms. The molecule has 0 aromatic heterocycles. The average molecular weight is 170 g/mol. The van der Waals surface area contributed by atoms with Gasteiger partial charge in [0.15, 0.2) is 5.60 Å². The van der Waals surface area contributed by atoms with E-state index in [1.807, 2.05) is 0 Å². The van der Waals surface area contributed by atoms with E-state index >= 15 is 0 Å². The second kappa shape index (κ2) is 3.27. The van der Waals surface area contributed by atoms with E-state index in [0.29, 0.717) is 12.8 Å². The van der Waals surface area contributed by atoms with E-state index in [4.69, 9.17) is 9.84 Å². The van der Waals surface area contributed by atoms with Crippen LogP contribution >= 0.6 is 0 Å². The molecule has 0 bridgehead atoms. The minimum absolute atomic E-state index is 0.553. The topological polar surface area (TPSA) is 46.5 Å². The lowest BCUT2D eigenvalue weighted by molar-refractivity contribution is -0.165. The molecule has 1 N–H and O–H groups in total. The molecule has 3 heteroatoms. The van der Waals surface area contributed by atoms with Gasteiger partial charge in [0.05, 0.1) is 0 Å². The first kappa shape index (κ1) is 9.26. The normalized spacial score (nSPS) is 22.2. The Morgan fingerprint density at radius 3 is 2.42 bits per heavy atom. The summed E-state index contributed by atoms with van der Waals surface area (Å²) in [5.74, 6) is -0.850. The molecular formula is C9H14O3. The Labute approximate surface area is 72.0 Å². The van der Waals surface area contributed by atoms with Crippen molar-refractivity contribution < 1.29 is 14.6 Å². The zero-order valence-corrected chi connectivity index (χ0v) is 7.30. The van der Waals surface area contributed by atoms with Crippen molar-refractivity contribution in [3.8, 4) is 0 Å². The summed E-state index contributed by atoms with van der Waals surface area (Å²) < 4.78 is 5.05. The maximum absolute atomic E-state index is 10.9. The third-order valence-electron chi connectivity index (χ3n) is 2.55. The fraction of sp³-hybridized carbons (Fsp3) is 0.667. The Bertz CT molecular complexity index is 198. The van der Waals surface area contributed by atoms with Crippen molar-refractivity contribution in [2.45, 2.75) is 31.3 Å². The molecule has 0 aromatic rings. The lowest BCUT2D eigenvalue weighted by Crippen LogP contribution is -2.42. The molecular weight excluding hydrogens is 156 g/mol. The molecule has 1 saturated carbocycles. The van der Waals surface area contributed by atoms with Gasteiger partial charge in [0, 0.05) is 7.11 Å². The number of carboxylic acid groups (broad SMARTS) is 1. The van der Waals surface area contributed by atoms with E-state index in [0.717, 1.165) is 18.4 Å². The van der Waals surface area contributed by atoms with Crippen LogP contribution < -0.4 is 0 Å². The minimum Gasteiger partial charge on any atom is -0.479 e. The maximum Gasteiger partial charge on any atom is 0.335 e. The molecule has 68 valence electrons. The molecule has 0 spiro atoms. The van der Waals surface area contributed by atoms with Gasteiger partial charge in [-0.2, -0.15) is 0 Å². The molecule has 0 radical (unpaired) electrons. The zero-order valence-electron chi connectivity index (χ0n) is 7.30. The van der Waals surface area contributed by atoms with Crippen molar-refractivity contribution in [2.75, 3.05) is 7.11 Å². The van der Waals surface area contributed by atoms with Crippen LogP contribution in [0.5, 0.6) is 0 Å². The Morgan fingerprint density at radius 1 is 1.58 bits per heavy atom. The summed E-state index contributed by atoms with van der Waals surface area (Å²) >= 11 is 0. The number of allylic oxidation sites excluding steroid dienone is 1. The van der Waals surface area contributed by atoms with Gasteiger partial charge in [0.25, 0.3) is 0 Å². The number of hydrogen-bond donors (Lipinski definition) is 1. The van der Waals surface area contributed by atoms with Crippen LogP contribution in [0.25, 0.3) is 0 Å². The highest BCUT2D eigenvalue weighted by Crippen LogP contribution is 2.33. The maximum atomic E-state index is 10.9. The predicted molar refractivity (Wildman–Crippen MR) is 45.0 cm³/mol. The second-order valence-corrected chi connectivity index (χ2v) is 3.25. The first-order valence-electron chi connectivity index (χ1n) is 4.06. The molecule has 1 aliphatic rings. The van der Waals surface area contributed by atoms with Gasteiger partial charge < -0.3 is 9.84 Å². The van der Waals surface area contributed by atoms with Crippen molar-refractivity contribution in [2.24, 2.45) is 0 Å². The molecule has 1 rings (SSSR count). The minimum atomic E-state index is -0.943. The Morgan fingerprint density at radius 2 is 2.08 bits per heavy atom. The Hall–Kier alpha value is -0.830. The number of rotatable bonds is 2. The second-order valence-electron chi connectivity index (χ2n) is 3.25. The highest BCUT2D eigenvalue weighted by Gasteiger charge is 2.40. The van der Waals surface area contributed by atoms with Crippen LogP contribution in [0.15, 0.2) is 12.2 Å². The van der Waals surface area contributed by atoms with Gasteiger partial charge in [-0.1, -0.05) is 12.2 Å². The summed E-state index contributed by atoms with van der Waals surface area (Å²) in [5, 5.41) is 8.92. The predicted octanol–water partition coefficient (Wildman–Crippen LogP) is 1.59. The molecule has 0 unspecified atom stereocenters. The van der Waals surface area contributed by atoms with Crippen molar-refractivity contribution in [3.05, 3.63) is 12.2 Å². The summed E-state index contributed by atoms with van der Waals surface area (Å²) in [6.45, 7) is 3.82. The van der Waals surface area contributed by atoms with E-state index in [2.05, 4.69) is 6.58 Å². The third-order valence-corrected chi connectivity index (χ3v) is 2.55. The lowest BCUT2D eigenvalue weighted by atomic mass is 9.82. The molecule has 0 amide bonds. The van der Waals surface area contributed by atoms with Crippen molar-refractivity contribution in [1.82, 2.24) is 0 Å². The quantitative estimate of drug-likeness (QED) is 0.640. The van der Waals surface area contributed by atoms with E-state index in [9.17, 15) is 4.79 Å². The molecule has 0 saturated heterocycles. The summed E-state index contributed by atoms with van der Waals surface area (Å²) in [6, 6.07) is 0. The highest BCUT2D eigenvalue weighted by molar-refractivity contribution is 5.77. The average Bonchev–Trinajstić information content (AvgIpc) is 2.06. The zero-order chi connectivity index (χ0) is 9.19. The van der Waals surface area contributed by atoms with Crippen LogP contribution in [0.4, 0.5) is 0 Å². The molecule has 0 atom stereocenters. The summed E-state index contributed by atoms with van der Waals surface area (Å²) in [4.78, 5) is 10.9. The van der Waals surface area contributed by atoms with E-state index < -0.39 is 11.6 Å². The van der Waals surface area contributed by atoms with Gasteiger partial charge in [-0.25, -0.2) is 4.79 Å². The first-order chi connectivity index (χ1) is 5.60. The van der Waals surface area contributed by atoms with Crippen LogP contribution in [0.1, 0.15) is 25.7 Å².